The average Bonchev–Trinajstić information content (AvgIpc) is 2.95. The zero-order chi connectivity index (χ0) is 12.5. The Morgan fingerprint density at radius 2 is 2.11 bits per heavy atom. The monoisotopic (exact) mass is 354 g/mol. The first-order valence-electron chi connectivity index (χ1n) is 5.26. The van der Waals surface area contributed by atoms with E-state index >= 15 is 0 Å². The molecule has 4 nitrogen and oxygen atoms in total. The van der Waals surface area contributed by atoms with Crippen molar-refractivity contribution in [1.82, 2.24) is 4.98 Å². The maximum atomic E-state index is 5.94. The van der Waals surface area contributed by atoms with Crippen molar-refractivity contribution in [1.29, 1.82) is 0 Å². The van der Waals surface area contributed by atoms with Crippen molar-refractivity contribution >= 4 is 66.5 Å². The average molecular weight is 355 g/mol. The van der Waals surface area contributed by atoms with Gasteiger partial charge in [-0.3, -0.25) is 0 Å². The van der Waals surface area contributed by atoms with E-state index in [4.69, 9.17) is 11.5 Å². The number of thiophene rings is 1. The summed E-state index contributed by atoms with van der Waals surface area (Å²) in [7, 11) is 0. The van der Waals surface area contributed by atoms with E-state index in [0.29, 0.717) is 11.0 Å². The standard InChI is InChI=1S/C12H10N4S2.BrH/c13-11(10-2-1-5-17-10)15-7-3-4-9-8(6-7)16-12(14)18-9;/h1-6H,(H2,13,15)(H2,14,16);1H. The molecule has 0 spiro atoms. The lowest BCUT2D eigenvalue weighted by molar-refractivity contribution is 1.46. The second kappa shape index (κ2) is 5.68. The number of amidine groups is 1. The number of rotatable bonds is 2. The Morgan fingerprint density at radius 3 is 2.84 bits per heavy atom. The van der Waals surface area contributed by atoms with Crippen LogP contribution in [-0.4, -0.2) is 10.8 Å². The molecule has 2 aromatic heterocycles. The van der Waals surface area contributed by atoms with Crippen LogP contribution in [0.3, 0.4) is 0 Å². The van der Waals surface area contributed by atoms with Crippen LogP contribution in [0.15, 0.2) is 40.7 Å². The number of halogens is 1. The predicted octanol–water partition coefficient (Wildman–Crippen LogP) is 3.55. The Hall–Kier alpha value is -1.44. The van der Waals surface area contributed by atoms with Gasteiger partial charge in [-0.25, -0.2) is 9.98 Å². The summed E-state index contributed by atoms with van der Waals surface area (Å²) in [6.45, 7) is 0. The molecule has 3 aromatic rings. The molecule has 7 heteroatoms. The van der Waals surface area contributed by atoms with Crippen LogP contribution in [0.5, 0.6) is 0 Å². The summed E-state index contributed by atoms with van der Waals surface area (Å²) in [6, 6.07) is 9.67. The van der Waals surface area contributed by atoms with E-state index in [1.54, 1.807) is 11.3 Å². The minimum absolute atomic E-state index is 0. The first-order valence-corrected chi connectivity index (χ1v) is 6.96. The van der Waals surface area contributed by atoms with Crippen LogP contribution < -0.4 is 11.5 Å². The highest BCUT2D eigenvalue weighted by Crippen LogP contribution is 2.27. The summed E-state index contributed by atoms with van der Waals surface area (Å²) in [5, 5.41) is 2.54. The van der Waals surface area contributed by atoms with E-state index in [9.17, 15) is 0 Å². The van der Waals surface area contributed by atoms with Gasteiger partial charge in [-0.05, 0) is 29.6 Å². The number of anilines is 1. The zero-order valence-corrected chi connectivity index (χ0v) is 13.1. The molecule has 0 saturated carbocycles. The first-order chi connectivity index (χ1) is 8.72. The van der Waals surface area contributed by atoms with Crippen LogP contribution in [0.1, 0.15) is 4.88 Å². The minimum Gasteiger partial charge on any atom is -0.383 e. The lowest BCUT2D eigenvalue weighted by Crippen LogP contribution is -2.10. The van der Waals surface area contributed by atoms with Crippen molar-refractivity contribution in [2.24, 2.45) is 10.7 Å². The molecule has 0 bridgehead atoms. The van der Waals surface area contributed by atoms with Crippen molar-refractivity contribution in [3.8, 4) is 0 Å². The number of hydrogen-bond acceptors (Lipinski definition) is 5. The second-order valence-electron chi connectivity index (χ2n) is 3.68. The Kier molecular flexibility index (Phi) is 4.18. The highest BCUT2D eigenvalue weighted by Gasteiger charge is 2.03. The van der Waals surface area contributed by atoms with Crippen LogP contribution in [0.4, 0.5) is 10.8 Å². The summed E-state index contributed by atoms with van der Waals surface area (Å²) in [6.07, 6.45) is 0. The van der Waals surface area contributed by atoms with Gasteiger partial charge in [0.25, 0.3) is 0 Å². The number of benzene rings is 1. The molecule has 3 rings (SSSR count). The molecule has 0 fully saturated rings. The summed E-state index contributed by atoms with van der Waals surface area (Å²) >= 11 is 3.04. The Bertz CT molecular complexity index is 718. The molecule has 0 atom stereocenters. The van der Waals surface area contributed by atoms with Gasteiger partial charge in [-0.2, -0.15) is 0 Å². The first kappa shape index (κ1) is 14.0. The fourth-order valence-electron chi connectivity index (χ4n) is 1.62. The number of nitrogens with zero attached hydrogens (tertiary/aromatic N) is 2. The molecular formula is C12H11BrN4S2. The molecule has 0 unspecified atom stereocenters. The van der Waals surface area contributed by atoms with Gasteiger partial charge in [0, 0.05) is 0 Å². The number of thiazole rings is 1. The molecule has 4 N–H and O–H groups in total. The summed E-state index contributed by atoms with van der Waals surface area (Å²) < 4.78 is 1.06. The van der Waals surface area contributed by atoms with E-state index in [2.05, 4.69) is 9.98 Å². The van der Waals surface area contributed by atoms with E-state index in [1.165, 1.54) is 11.3 Å². The van der Waals surface area contributed by atoms with Crippen molar-refractivity contribution in [2.75, 3.05) is 5.73 Å². The van der Waals surface area contributed by atoms with E-state index < -0.39 is 0 Å². The lowest BCUT2D eigenvalue weighted by Gasteiger charge is -1.97. The molecule has 98 valence electrons. The molecule has 2 heterocycles. The van der Waals surface area contributed by atoms with Crippen LogP contribution in [0.2, 0.25) is 0 Å². The normalized spacial score (nSPS) is 11.5. The smallest absolute Gasteiger partial charge is 0.181 e. The Balaban J connectivity index is 0.00000133. The molecule has 1 aromatic carbocycles. The maximum Gasteiger partial charge on any atom is 0.181 e. The largest absolute Gasteiger partial charge is 0.383 e. The molecule has 0 radical (unpaired) electrons. The van der Waals surface area contributed by atoms with Crippen LogP contribution in [0.25, 0.3) is 10.2 Å². The Morgan fingerprint density at radius 1 is 1.26 bits per heavy atom. The molecule has 0 amide bonds. The second-order valence-corrected chi connectivity index (χ2v) is 5.69. The van der Waals surface area contributed by atoms with Gasteiger partial charge >= 0.3 is 0 Å². The van der Waals surface area contributed by atoms with Crippen molar-refractivity contribution in [2.45, 2.75) is 0 Å². The number of aliphatic imine (C=N–C) groups is 1. The number of nitrogen functional groups attached to an aromatic ring is 1. The maximum absolute atomic E-state index is 5.94. The van der Waals surface area contributed by atoms with Gasteiger partial charge in [-0.1, -0.05) is 17.4 Å². The molecule has 0 aliphatic heterocycles. The summed E-state index contributed by atoms with van der Waals surface area (Å²) in [5.74, 6) is 0.521. The van der Waals surface area contributed by atoms with Gasteiger partial charge in [0.2, 0.25) is 0 Å². The fourth-order valence-corrected chi connectivity index (χ4v) is 2.96. The lowest BCUT2D eigenvalue weighted by atomic mass is 10.3. The van der Waals surface area contributed by atoms with E-state index in [0.717, 1.165) is 20.8 Å². The number of fused-ring (bicyclic) bond motifs is 1. The predicted molar refractivity (Wildman–Crippen MR) is 89.1 cm³/mol. The third kappa shape index (κ3) is 2.94. The van der Waals surface area contributed by atoms with Gasteiger partial charge in [0.15, 0.2) is 5.13 Å². The van der Waals surface area contributed by atoms with Crippen LogP contribution >= 0.6 is 39.7 Å². The number of aromatic nitrogens is 1. The van der Waals surface area contributed by atoms with Crippen LogP contribution in [0, 0.1) is 0 Å². The molecular weight excluding hydrogens is 344 g/mol. The molecule has 0 aliphatic rings. The van der Waals surface area contributed by atoms with Gasteiger partial charge in [0.05, 0.1) is 20.8 Å². The van der Waals surface area contributed by atoms with E-state index in [1.807, 2.05) is 35.7 Å². The van der Waals surface area contributed by atoms with Crippen molar-refractivity contribution in [3.05, 3.63) is 40.6 Å². The minimum atomic E-state index is 0. The SMILES string of the molecule is Br.NC(=Nc1ccc2sc(N)nc2c1)c1cccs1. The topological polar surface area (TPSA) is 77.3 Å². The molecule has 0 saturated heterocycles. The summed E-state index contributed by atoms with van der Waals surface area (Å²) in [5.41, 5.74) is 13.3. The molecule has 0 aliphatic carbocycles. The molecule has 19 heavy (non-hydrogen) atoms. The number of nitrogens with two attached hydrogens (primary N) is 2. The van der Waals surface area contributed by atoms with Crippen molar-refractivity contribution in [3.63, 3.8) is 0 Å². The van der Waals surface area contributed by atoms with Crippen molar-refractivity contribution < 1.29 is 0 Å². The third-order valence-corrected chi connectivity index (χ3v) is 4.17. The highest BCUT2D eigenvalue weighted by molar-refractivity contribution is 8.93. The zero-order valence-electron chi connectivity index (χ0n) is 9.74. The van der Waals surface area contributed by atoms with Gasteiger partial charge < -0.3 is 11.5 Å². The number of hydrogen-bond donors (Lipinski definition) is 2. The quantitative estimate of drug-likeness (QED) is 0.545. The Labute approximate surface area is 128 Å². The summed E-state index contributed by atoms with van der Waals surface area (Å²) in [4.78, 5) is 9.59. The fraction of sp³-hybridized carbons (Fsp3) is 0. The highest BCUT2D eigenvalue weighted by atomic mass is 79.9. The van der Waals surface area contributed by atoms with E-state index in [-0.39, 0.29) is 17.0 Å². The van der Waals surface area contributed by atoms with Crippen LogP contribution in [-0.2, 0) is 0 Å². The van der Waals surface area contributed by atoms with Gasteiger partial charge in [-0.15, -0.1) is 28.3 Å². The third-order valence-electron chi connectivity index (χ3n) is 2.41. The van der Waals surface area contributed by atoms with Gasteiger partial charge in [0.1, 0.15) is 5.84 Å².